The molecule has 156 valence electrons. The van der Waals surface area contributed by atoms with Crippen LogP contribution in [0.15, 0.2) is 36.4 Å². The summed E-state index contributed by atoms with van der Waals surface area (Å²) < 4.78 is 50.1. The molecular weight excluding hydrogens is 385 g/mol. The first-order valence-corrected chi connectivity index (χ1v) is 9.50. The molecule has 0 radical (unpaired) electrons. The number of carbonyl (C=O) groups excluding carboxylic acids is 2. The van der Waals surface area contributed by atoms with Gasteiger partial charge in [-0.2, -0.15) is 0 Å². The van der Waals surface area contributed by atoms with Crippen LogP contribution in [0, 0.1) is 17.5 Å². The van der Waals surface area contributed by atoms with Crippen LogP contribution in [0.3, 0.4) is 0 Å². The molecule has 0 saturated heterocycles. The fourth-order valence-corrected chi connectivity index (χ4v) is 2.68. The van der Waals surface area contributed by atoms with E-state index in [0.717, 1.165) is 32.1 Å². The van der Waals surface area contributed by atoms with Gasteiger partial charge in [0, 0.05) is 11.6 Å². The molecule has 0 saturated carbocycles. The Kier molecular flexibility index (Phi) is 8.70. The van der Waals surface area contributed by atoms with Crippen LogP contribution in [0.4, 0.5) is 13.2 Å². The van der Waals surface area contributed by atoms with Gasteiger partial charge in [-0.25, -0.2) is 22.8 Å². The largest absolute Gasteiger partial charge is 0.462 e. The Labute approximate surface area is 167 Å². The van der Waals surface area contributed by atoms with Gasteiger partial charge in [-0.05, 0) is 24.6 Å². The zero-order chi connectivity index (χ0) is 21.2. The van der Waals surface area contributed by atoms with Gasteiger partial charge in [-0.3, -0.25) is 0 Å². The zero-order valence-electron chi connectivity index (χ0n) is 16.2. The SMILES string of the molecule is CCCCCCCOC(=O)c1ccccc1C(=O)OCc1cc(F)c(F)cc1F. The second-order valence-corrected chi connectivity index (χ2v) is 6.53. The Morgan fingerprint density at radius 1 is 0.793 bits per heavy atom. The summed E-state index contributed by atoms with van der Waals surface area (Å²) >= 11 is 0. The summed E-state index contributed by atoms with van der Waals surface area (Å²) in [6, 6.07) is 6.91. The summed E-state index contributed by atoms with van der Waals surface area (Å²) in [5, 5.41) is 0. The molecule has 0 aliphatic rings. The third kappa shape index (κ3) is 6.62. The zero-order valence-corrected chi connectivity index (χ0v) is 16.2. The van der Waals surface area contributed by atoms with E-state index in [0.29, 0.717) is 12.1 Å². The molecule has 2 aromatic carbocycles. The van der Waals surface area contributed by atoms with E-state index in [9.17, 15) is 22.8 Å². The van der Waals surface area contributed by atoms with Crippen molar-refractivity contribution < 1.29 is 32.2 Å². The Morgan fingerprint density at radius 3 is 2.03 bits per heavy atom. The summed E-state index contributed by atoms with van der Waals surface area (Å²) in [6.45, 7) is 1.74. The highest BCUT2D eigenvalue weighted by atomic mass is 19.2. The van der Waals surface area contributed by atoms with E-state index in [1.54, 1.807) is 6.07 Å². The molecule has 0 heterocycles. The van der Waals surface area contributed by atoms with Crippen molar-refractivity contribution in [3.05, 3.63) is 70.5 Å². The van der Waals surface area contributed by atoms with Crippen LogP contribution >= 0.6 is 0 Å². The van der Waals surface area contributed by atoms with E-state index < -0.39 is 36.0 Å². The first kappa shape index (κ1) is 22.5. The van der Waals surface area contributed by atoms with E-state index in [4.69, 9.17) is 9.47 Å². The maximum Gasteiger partial charge on any atom is 0.339 e. The number of carbonyl (C=O) groups is 2. The second kappa shape index (κ2) is 11.2. The van der Waals surface area contributed by atoms with E-state index in [1.165, 1.54) is 18.2 Å². The molecule has 0 amide bonds. The highest BCUT2D eigenvalue weighted by molar-refractivity contribution is 6.03. The Bertz CT molecular complexity index is 852. The number of halogens is 3. The molecule has 0 unspecified atom stereocenters. The highest BCUT2D eigenvalue weighted by Crippen LogP contribution is 2.17. The van der Waals surface area contributed by atoms with Gasteiger partial charge in [0.1, 0.15) is 12.4 Å². The number of esters is 2. The summed E-state index contributed by atoms with van der Waals surface area (Å²) in [7, 11) is 0. The van der Waals surface area contributed by atoms with Crippen molar-refractivity contribution >= 4 is 11.9 Å². The van der Waals surface area contributed by atoms with Gasteiger partial charge >= 0.3 is 11.9 Å². The monoisotopic (exact) mass is 408 g/mol. The van der Waals surface area contributed by atoms with Gasteiger partial charge in [0.15, 0.2) is 11.6 Å². The molecule has 0 aliphatic heterocycles. The van der Waals surface area contributed by atoms with Gasteiger partial charge in [-0.15, -0.1) is 0 Å². The topological polar surface area (TPSA) is 52.6 Å². The molecule has 0 atom stereocenters. The van der Waals surface area contributed by atoms with Gasteiger partial charge in [0.05, 0.1) is 17.7 Å². The lowest BCUT2D eigenvalue weighted by atomic mass is 10.1. The highest BCUT2D eigenvalue weighted by Gasteiger charge is 2.20. The lowest BCUT2D eigenvalue weighted by molar-refractivity contribution is 0.0433. The number of benzene rings is 2. The van der Waals surface area contributed by atoms with Gasteiger partial charge < -0.3 is 9.47 Å². The van der Waals surface area contributed by atoms with Crippen LogP contribution in [0.25, 0.3) is 0 Å². The van der Waals surface area contributed by atoms with Crippen LogP contribution in [-0.4, -0.2) is 18.5 Å². The number of hydrogen-bond donors (Lipinski definition) is 0. The molecule has 7 heteroatoms. The molecule has 2 aromatic rings. The van der Waals surface area contributed by atoms with Crippen molar-refractivity contribution in [3.8, 4) is 0 Å². The predicted octanol–water partition coefficient (Wildman–Crippen LogP) is 5.59. The number of hydrogen-bond acceptors (Lipinski definition) is 4. The second-order valence-electron chi connectivity index (χ2n) is 6.53. The lowest BCUT2D eigenvalue weighted by Crippen LogP contribution is -2.15. The van der Waals surface area contributed by atoms with E-state index in [1.807, 2.05) is 0 Å². The smallest absolute Gasteiger partial charge is 0.339 e. The van der Waals surface area contributed by atoms with E-state index in [-0.39, 0.29) is 23.3 Å². The average molecular weight is 408 g/mol. The number of ether oxygens (including phenoxy) is 2. The van der Waals surface area contributed by atoms with Gasteiger partial charge in [0.2, 0.25) is 0 Å². The minimum Gasteiger partial charge on any atom is -0.462 e. The predicted molar refractivity (Wildman–Crippen MR) is 101 cm³/mol. The Hall–Kier alpha value is -2.83. The van der Waals surface area contributed by atoms with Crippen LogP contribution in [0.1, 0.15) is 65.3 Å². The third-order valence-corrected chi connectivity index (χ3v) is 4.30. The number of rotatable bonds is 10. The average Bonchev–Trinajstić information content (AvgIpc) is 2.72. The maximum absolute atomic E-state index is 13.7. The van der Waals surface area contributed by atoms with Crippen LogP contribution in [-0.2, 0) is 16.1 Å². The maximum atomic E-state index is 13.7. The van der Waals surface area contributed by atoms with Crippen molar-refractivity contribution in [1.82, 2.24) is 0 Å². The fraction of sp³-hybridized carbons (Fsp3) is 0.364. The van der Waals surface area contributed by atoms with E-state index in [2.05, 4.69) is 6.92 Å². The molecule has 29 heavy (non-hydrogen) atoms. The summed E-state index contributed by atoms with van der Waals surface area (Å²) in [5.74, 6) is -5.18. The summed E-state index contributed by atoms with van der Waals surface area (Å²) in [4.78, 5) is 24.6. The Balaban J connectivity index is 1.97. The van der Waals surface area contributed by atoms with Crippen molar-refractivity contribution in [1.29, 1.82) is 0 Å². The van der Waals surface area contributed by atoms with Crippen molar-refractivity contribution in [2.45, 2.75) is 45.6 Å². The first-order chi connectivity index (χ1) is 13.9. The molecule has 0 bridgehead atoms. The van der Waals surface area contributed by atoms with Crippen LogP contribution < -0.4 is 0 Å². The quantitative estimate of drug-likeness (QED) is 0.292. The standard InChI is InChI=1S/C22H23F3O4/c1-2-3-4-5-8-11-28-21(26)16-9-6-7-10-17(16)22(27)29-14-15-12-19(24)20(25)13-18(15)23/h6-7,9-10,12-13H,2-5,8,11,14H2,1H3. The summed E-state index contributed by atoms with van der Waals surface area (Å²) in [5.41, 5.74) is -0.340. The summed E-state index contributed by atoms with van der Waals surface area (Å²) in [6.07, 6.45) is 4.99. The van der Waals surface area contributed by atoms with Crippen molar-refractivity contribution in [3.63, 3.8) is 0 Å². The Morgan fingerprint density at radius 2 is 1.38 bits per heavy atom. The van der Waals surface area contributed by atoms with Crippen molar-refractivity contribution in [2.75, 3.05) is 6.61 Å². The fourth-order valence-electron chi connectivity index (χ4n) is 2.68. The molecule has 2 rings (SSSR count). The third-order valence-electron chi connectivity index (χ3n) is 4.30. The molecule has 0 N–H and O–H groups in total. The number of unbranched alkanes of at least 4 members (excludes halogenated alkanes) is 4. The lowest BCUT2D eigenvalue weighted by Gasteiger charge is -2.10. The van der Waals surface area contributed by atoms with Gasteiger partial charge in [0.25, 0.3) is 0 Å². The molecule has 0 aliphatic carbocycles. The van der Waals surface area contributed by atoms with Crippen molar-refractivity contribution in [2.24, 2.45) is 0 Å². The van der Waals surface area contributed by atoms with Crippen LogP contribution in [0.2, 0.25) is 0 Å². The minimum absolute atomic E-state index is 0.0248. The van der Waals surface area contributed by atoms with Crippen LogP contribution in [0.5, 0.6) is 0 Å². The minimum atomic E-state index is -1.33. The molecule has 0 fully saturated rings. The molecular formula is C22H23F3O4. The first-order valence-electron chi connectivity index (χ1n) is 9.50. The normalized spacial score (nSPS) is 10.6. The molecule has 0 spiro atoms. The molecule has 0 aromatic heterocycles. The molecule has 4 nitrogen and oxygen atoms in total. The van der Waals surface area contributed by atoms with Gasteiger partial charge in [-0.1, -0.05) is 44.7 Å². The van der Waals surface area contributed by atoms with E-state index >= 15 is 0 Å².